The van der Waals surface area contributed by atoms with Gasteiger partial charge in [0.25, 0.3) is 0 Å². The van der Waals surface area contributed by atoms with Gasteiger partial charge in [-0.3, -0.25) is 4.90 Å². The van der Waals surface area contributed by atoms with Crippen LogP contribution in [0.3, 0.4) is 0 Å². The van der Waals surface area contributed by atoms with Crippen LogP contribution in [0.4, 0.5) is 11.5 Å². The Morgan fingerprint density at radius 2 is 1.81 bits per heavy atom. The highest BCUT2D eigenvalue weighted by Gasteiger charge is 2.27. The van der Waals surface area contributed by atoms with Crippen molar-refractivity contribution in [3.05, 3.63) is 41.9 Å². The fraction of sp³-hybridized carbons (Fsp3) is 0.435. The van der Waals surface area contributed by atoms with Crippen LogP contribution in [0.2, 0.25) is 5.15 Å². The van der Waals surface area contributed by atoms with Gasteiger partial charge in [0.15, 0.2) is 5.15 Å². The molecule has 2 fully saturated rings. The van der Waals surface area contributed by atoms with Crippen LogP contribution in [-0.2, 0) is 4.74 Å². The number of hydrogen-bond donors (Lipinski definition) is 2. The molecule has 8 heteroatoms. The Bertz CT molecular complexity index is 1060. The molecule has 0 radical (unpaired) electrons. The van der Waals surface area contributed by atoms with Crippen LogP contribution in [0.5, 0.6) is 0 Å². The number of benzene rings is 1. The van der Waals surface area contributed by atoms with Crippen LogP contribution in [0.15, 0.2) is 36.8 Å². The maximum Gasteiger partial charge on any atom is 0.151 e. The lowest BCUT2D eigenvalue weighted by Gasteiger charge is -2.39. The van der Waals surface area contributed by atoms with Crippen molar-refractivity contribution in [2.45, 2.75) is 37.8 Å². The zero-order chi connectivity index (χ0) is 21.2. The Labute approximate surface area is 187 Å². The van der Waals surface area contributed by atoms with E-state index in [1.807, 2.05) is 18.2 Å². The van der Waals surface area contributed by atoms with Crippen molar-refractivity contribution in [1.82, 2.24) is 19.9 Å². The lowest BCUT2D eigenvalue weighted by molar-refractivity contribution is 0.00791. The number of ether oxygens (including phenoxy) is 1. The first-order valence-corrected chi connectivity index (χ1v) is 11.3. The molecule has 1 saturated carbocycles. The van der Waals surface area contributed by atoms with Gasteiger partial charge in [0.1, 0.15) is 12.1 Å². The van der Waals surface area contributed by atoms with Crippen molar-refractivity contribution in [3.63, 3.8) is 0 Å². The smallest absolute Gasteiger partial charge is 0.151 e. The zero-order valence-electron chi connectivity index (χ0n) is 17.4. The molecule has 1 aliphatic heterocycles. The predicted molar refractivity (Wildman–Crippen MR) is 124 cm³/mol. The van der Waals surface area contributed by atoms with Crippen molar-refractivity contribution in [3.8, 4) is 11.1 Å². The highest BCUT2D eigenvalue weighted by atomic mass is 35.5. The monoisotopic (exact) mass is 438 g/mol. The average Bonchev–Trinajstić information content (AvgIpc) is 2.82. The molecule has 2 aliphatic rings. The first kappa shape index (κ1) is 20.4. The second-order valence-corrected chi connectivity index (χ2v) is 8.71. The SMILES string of the molecule is Nc1cc(-c2ccc3ncnc(NC4CCC(N5CCOCC5)CC4)c3c2)cnc1Cl. The summed E-state index contributed by atoms with van der Waals surface area (Å²) in [5.74, 6) is 0.886. The number of aromatic nitrogens is 3. The van der Waals surface area contributed by atoms with Gasteiger partial charge in [-0.25, -0.2) is 15.0 Å². The van der Waals surface area contributed by atoms with E-state index in [1.54, 1.807) is 12.5 Å². The molecule has 1 aliphatic carbocycles. The van der Waals surface area contributed by atoms with Gasteiger partial charge >= 0.3 is 0 Å². The molecule has 1 aromatic carbocycles. The van der Waals surface area contributed by atoms with E-state index in [0.717, 1.165) is 67.0 Å². The van der Waals surface area contributed by atoms with Crippen LogP contribution in [0.1, 0.15) is 25.7 Å². The molecule has 3 aromatic rings. The first-order valence-electron chi connectivity index (χ1n) is 10.9. The van der Waals surface area contributed by atoms with E-state index in [-0.39, 0.29) is 0 Å². The summed E-state index contributed by atoms with van der Waals surface area (Å²) in [6, 6.07) is 9.08. The molecule has 5 rings (SSSR count). The number of fused-ring (bicyclic) bond motifs is 1. The van der Waals surface area contributed by atoms with Crippen molar-refractivity contribution in [2.24, 2.45) is 0 Å². The van der Waals surface area contributed by atoms with Crippen LogP contribution < -0.4 is 11.1 Å². The minimum absolute atomic E-state index is 0.322. The van der Waals surface area contributed by atoms with Gasteiger partial charge in [0, 0.05) is 42.3 Å². The quantitative estimate of drug-likeness (QED) is 0.595. The number of pyridine rings is 1. The largest absolute Gasteiger partial charge is 0.396 e. The van der Waals surface area contributed by atoms with Gasteiger partial charge in [-0.2, -0.15) is 0 Å². The maximum absolute atomic E-state index is 5.98. The molecule has 2 aromatic heterocycles. The number of rotatable bonds is 4. The molecule has 31 heavy (non-hydrogen) atoms. The Kier molecular flexibility index (Phi) is 5.89. The Balaban J connectivity index is 1.33. The van der Waals surface area contributed by atoms with Gasteiger partial charge in [0.2, 0.25) is 0 Å². The Morgan fingerprint density at radius 3 is 2.58 bits per heavy atom. The number of nitrogens with zero attached hydrogens (tertiary/aromatic N) is 4. The van der Waals surface area contributed by atoms with Crippen molar-refractivity contribution >= 4 is 34.0 Å². The van der Waals surface area contributed by atoms with Gasteiger partial charge in [-0.05, 0) is 49.4 Å². The Morgan fingerprint density at radius 1 is 1.00 bits per heavy atom. The van der Waals surface area contributed by atoms with Gasteiger partial charge in [-0.15, -0.1) is 0 Å². The molecule has 3 heterocycles. The highest BCUT2D eigenvalue weighted by molar-refractivity contribution is 6.31. The van der Waals surface area contributed by atoms with Gasteiger partial charge in [0.05, 0.1) is 24.4 Å². The molecule has 0 bridgehead atoms. The lowest BCUT2D eigenvalue weighted by Crippen LogP contribution is -2.46. The minimum Gasteiger partial charge on any atom is -0.396 e. The summed E-state index contributed by atoms with van der Waals surface area (Å²) in [4.78, 5) is 15.8. The summed E-state index contributed by atoms with van der Waals surface area (Å²) in [5, 5.41) is 5.02. The first-order chi connectivity index (χ1) is 15.2. The Hall–Kier alpha value is -2.48. The van der Waals surface area contributed by atoms with Crippen molar-refractivity contribution in [1.29, 1.82) is 0 Å². The summed E-state index contributed by atoms with van der Waals surface area (Å²) in [6.07, 6.45) is 8.08. The summed E-state index contributed by atoms with van der Waals surface area (Å²) in [5.41, 5.74) is 9.27. The fourth-order valence-corrected chi connectivity index (χ4v) is 4.80. The number of halogens is 1. The summed E-state index contributed by atoms with van der Waals surface area (Å²) in [7, 11) is 0. The third kappa shape index (κ3) is 4.44. The maximum atomic E-state index is 5.98. The third-order valence-electron chi connectivity index (χ3n) is 6.43. The zero-order valence-corrected chi connectivity index (χ0v) is 18.2. The molecular weight excluding hydrogens is 412 g/mol. The lowest BCUT2D eigenvalue weighted by atomic mass is 9.90. The van der Waals surface area contributed by atoms with Gasteiger partial charge in [-0.1, -0.05) is 17.7 Å². The molecule has 0 amide bonds. The van der Waals surface area contributed by atoms with E-state index in [1.165, 1.54) is 12.8 Å². The summed E-state index contributed by atoms with van der Waals surface area (Å²) >= 11 is 5.98. The normalized spacial score (nSPS) is 22.5. The molecule has 7 nitrogen and oxygen atoms in total. The van der Waals surface area contributed by atoms with Crippen LogP contribution >= 0.6 is 11.6 Å². The molecule has 0 spiro atoms. The number of morpholine rings is 1. The average molecular weight is 439 g/mol. The molecule has 0 atom stereocenters. The molecule has 1 saturated heterocycles. The third-order valence-corrected chi connectivity index (χ3v) is 6.75. The van der Waals surface area contributed by atoms with E-state index in [4.69, 9.17) is 22.1 Å². The predicted octanol–water partition coefficient (Wildman–Crippen LogP) is 3.98. The van der Waals surface area contributed by atoms with E-state index in [2.05, 4.69) is 31.2 Å². The molecule has 0 unspecified atom stereocenters. The number of nitrogen functional groups attached to an aromatic ring is 1. The van der Waals surface area contributed by atoms with Crippen molar-refractivity contribution in [2.75, 3.05) is 37.4 Å². The summed E-state index contributed by atoms with van der Waals surface area (Å²) in [6.45, 7) is 3.85. The van der Waals surface area contributed by atoms with E-state index >= 15 is 0 Å². The second-order valence-electron chi connectivity index (χ2n) is 8.36. The van der Waals surface area contributed by atoms with Crippen molar-refractivity contribution < 1.29 is 4.74 Å². The topological polar surface area (TPSA) is 89.2 Å². The van der Waals surface area contributed by atoms with E-state index in [0.29, 0.717) is 22.9 Å². The van der Waals surface area contributed by atoms with E-state index < -0.39 is 0 Å². The molecule has 3 N–H and O–H groups in total. The minimum atomic E-state index is 0.322. The van der Waals surface area contributed by atoms with Crippen LogP contribution in [0, 0.1) is 0 Å². The fourth-order valence-electron chi connectivity index (χ4n) is 4.70. The molecular formula is C23H27ClN6O. The number of anilines is 2. The second kappa shape index (κ2) is 8.94. The highest BCUT2D eigenvalue weighted by Crippen LogP contribution is 2.31. The summed E-state index contributed by atoms with van der Waals surface area (Å²) < 4.78 is 5.50. The van der Waals surface area contributed by atoms with Crippen LogP contribution in [-0.4, -0.2) is 58.2 Å². The molecule has 162 valence electrons. The van der Waals surface area contributed by atoms with Gasteiger partial charge < -0.3 is 15.8 Å². The van der Waals surface area contributed by atoms with Crippen LogP contribution in [0.25, 0.3) is 22.0 Å². The number of hydrogen-bond acceptors (Lipinski definition) is 7. The van der Waals surface area contributed by atoms with E-state index in [9.17, 15) is 0 Å². The number of nitrogens with one attached hydrogen (secondary N) is 1. The standard InChI is InChI=1S/C23H27ClN6O/c24-22-20(25)12-16(13-26-22)15-1-6-21-19(11-15)23(28-14-27-21)29-17-2-4-18(5-3-17)30-7-9-31-10-8-30/h1,6,11-14,17-18H,2-5,7-10,25H2,(H,27,28,29). The number of nitrogens with two attached hydrogens (primary N) is 1.